The van der Waals surface area contributed by atoms with Crippen molar-refractivity contribution in [3.05, 3.63) is 42.2 Å². The summed E-state index contributed by atoms with van der Waals surface area (Å²) in [4.78, 5) is 11.9. The van der Waals surface area contributed by atoms with E-state index in [0.717, 1.165) is 11.4 Å². The molecule has 0 fully saturated rings. The van der Waals surface area contributed by atoms with Crippen molar-refractivity contribution < 1.29 is 9.53 Å². The maximum atomic E-state index is 11.9. The van der Waals surface area contributed by atoms with Crippen molar-refractivity contribution in [3.63, 3.8) is 0 Å². The lowest BCUT2D eigenvalue weighted by molar-refractivity contribution is 0.0936. The molecular formula is C14H18N4O2. The van der Waals surface area contributed by atoms with Gasteiger partial charge in [0.05, 0.1) is 12.8 Å². The molecule has 20 heavy (non-hydrogen) atoms. The number of nitrogens with zero attached hydrogens (tertiary/aromatic N) is 2. The van der Waals surface area contributed by atoms with Gasteiger partial charge in [0.25, 0.3) is 5.91 Å². The average Bonchev–Trinajstić information content (AvgIpc) is 2.97. The number of benzene rings is 1. The van der Waals surface area contributed by atoms with E-state index in [9.17, 15) is 4.79 Å². The quantitative estimate of drug-likeness (QED) is 0.850. The van der Waals surface area contributed by atoms with Crippen LogP contribution < -0.4 is 15.8 Å². The minimum absolute atomic E-state index is 0.0753. The molecule has 3 N–H and O–H groups in total. The molecule has 0 radical (unpaired) electrons. The van der Waals surface area contributed by atoms with E-state index >= 15 is 0 Å². The van der Waals surface area contributed by atoms with E-state index in [1.165, 1.54) is 0 Å². The van der Waals surface area contributed by atoms with E-state index in [1.807, 2.05) is 31.2 Å². The number of nitrogens with one attached hydrogen (secondary N) is 1. The van der Waals surface area contributed by atoms with Gasteiger partial charge in [0, 0.05) is 18.8 Å². The number of methoxy groups -OCH3 is 1. The van der Waals surface area contributed by atoms with E-state index < -0.39 is 0 Å². The van der Waals surface area contributed by atoms with Crippen LogP contribution in [0, 0.1) is 0 Å². The average molecular weight is 274 g/mol. The standard InChI is InChI=1S/C14H18N4O2/c1-10(9-15)16-14(19)13-7-8-18(17-13)11-3-5-12(20-2)6-4-11/h3-8,10H,9,15H2,1-2H3,(H,16,19)/t10-/m0/s1. The maximum absolute atomic E-state index is 11.9. The lowest BCUT2D eigenvalue weighted by Crippen LogP contribution is -2.38. The van der Waals surface area contributed by atoms with Crippen LogP contribution in [0.15, 0.2) is 36.5 Å². The Morgan fingerprint density at radius 3 is 2.70 bits per heavy atom. The van der Waals surface area contributed by atoms with Crippen molar-refractivity contribution in [2.75, 3.05) is 13.7 Å². The van der Waals surface area contributed by atoms with Crippen LogP contribution in [0.4, 0.5) is 0 Å². The van der Waals surface area contributed by atoms with Crippen LogP contribution in [-0.4, -0.2) is 35.4 Å². The smallest absolute Gasteiger partial charge is 0.272 e. The summed E-state index contributed by atoms with van der Waals surface area (Å²) in [5, 5.41) is 7.02. The van der Waals surface area contributed by atoms with Crippen molar-refractivity contribution in [3.8, 4) is 11.4 Å². The summed E-state index contributed by atoms with van der Waals surface area (Å²) in [6.45, 7) is 2.24. The number of rotatable bonds is 5. The van der Waals surface area contributed by atoms with Crippen LogP contribution >= 0.6 is 0 Å². The first-order valence-corrected chi connectivity index (χ1v) is 6.35. The molecule has 0 spiro atoms. The number of nitrogens with two attached hydrogens (primary N) is 1. The maximum Gasteiger partial charge on any atom is 0.272 e. The van der Waals surface area contributed by atoms with Crippen LogP contribution in [0.5, 0.6) is 5.75 Å². The zero-order valence-electron chi connectivity index (χ0n) is 11.5. The molecule has 1 atom stereocenters. The molecule has 6 heteroatoms. The molecule has 2 aromatic rings. The number of carbonyl (C=O) groups excluding carboxylic acids is 1. The molecule has 1 aromatic carbocycles. The van der Waals surface area contributed by atoms with Crippen molar-refractivity contribution in [2.45, 2.75) is 13.0 Å². The Hall–Kier alpha value is -2.34. The van der Waals surface area contributed by atoms with Crippen LogP contribution in [-0.2, 0) is 0 Å². The lowest BCUT2D eigenvalue weighted by atomic mass is 10.3. The number of amides is 1. The Balaban J connectivity index is 2.13. The molecule has 1 amide bonds. The first-order valence-electron chi connectivity index (χ1n) is 6.35. The molecule has 0 aliphatic heterocycles. The number of aromatic nitrogens is 2. The van der Waals surface area contributed by atoms with Gasteiger partial charge in [-0.1, -0.05) is 0 Å². The molecule has 6 nitrogen and oxygen atoms in total. The van der Waals surface area contributed by atoms with Gasteiger partial charge in [-0.3, -0.25) is 4.79 Å². The zero-order valence-corrected chi connectivity index (χ0v) is 11.5. The number of ether oxygens (including phenoxy) is 1. The third-order valence-electron chi connectivity index (χ3n) is 2.89. The molecule has 0 saturated carbocycles. The Bertz CT molecular complexity index is 577. The number of hydrogen-bond donors (Lipinski definition) is 2. The van der Waals surface area contributed by atoms with Gasteiger partial charge in [-0.2, -0.15) is 5.10 Å². The normalized spacial score (nSPS) is 11.9. The summed E-state index contributed by atoms with van der Waals surface area (Å²) in [5.74, 6) is 0.547. The topological polar surface area (TPSA) is 82.2 Å². The van der Waals surface area contributed by atoms with E-state index in [0.29, 0.717) is 12.2 Å². The molecule has 2 rings (SSSR count). The van der Waals surface area contributed by atoms with E-state index in [-0.39, 0.29) is 11.9 Å². The fourth-order valence-corrected chi connectivity index (χ4v) is 1.68. The molecule has 0 saturated heterocycles. The first kappa shape index (κ1) is 14.1. The largest absolute Gasteiger partial charge is 0.497 e. The van der Waals surface area contributed by atoms with Gasteiger partial charge in [0.2, 0.25) is 0 Å². The molecule has 1 heterocycles. The zero-order chi connectivity index (χ0) is 14.5. The van der Waals surface area contributed by atoms with Crippen LogP contribution in [0.3, 0.4) is 0 Å². The van der Waals surface area contributed by atoms with Gasteiger partial charge in [-0.25, -0.2) is 4.68 Å². The lowest BCUT2D eigenvalue weighted by Gasteiger charge is -2.09. The number of hydrogen-bond acceptors (Lipinski definition) is 4. The van der Waals surface area contributed by atoms with E-state index in [4.69, 9.17) is 10.5 Å². The van der Waals surface area contributed by atoms with Crippen molar-refractivity contribution in [1.82, 2.24) is 15.1 Å². The Labute approximate surface area is 117 Å². The van der Waals surface area contributed by atoms with Gasteiger partial charge in [0.1, 0.15) is 5.75 Å². The second kappa shape index (κ2) is 6.21. The van der Waals surface area contributed by atoms with Crippen molar-refractivity contribution in [1.29, 1.82) is 0 Å². The predicted octanol–water partition coefficient (Wildman–Crippen LogP) is 0.958. The molecular weight excluding hydrogens is 256 g/mol. The van der Waals surface area contributed by atoms with Gasteiger partial charge in [0.15, 0.2) is 5.69 Å². The summed E-state index contributed by atoms with van der Waals surface area (Å²) >= 11 is 0. The predicted molar refractivity (Wildman–Crippen MR) is 76.1 cm³/mol. The summed E-state index contributed by atoms with van der Waals surface area (Å²) in [7, 11) is 1.62. The number of carbonyl (C=O) groups is 1. The monoisotopic (exact) mass is 274 g/mol. The summed E-state index contributed by atoms with van der Waals surface area (Å²) in [6, 6.07) is 9.02. The van der Waals surface area contributed by atoms with Gasteiger partial charge < -0.3 is 15.8 Å². The third-order valence-corrected chi connectivity index (χ3v) is 2.89. The highest BCUT2D eigenvalue weighted by Gasteiger charge is 2.12. The molecule has 1 aromatic heterocycles. The van der Waals surface area contributed by atoms with Crippen LogP contribution in [0.25, 0.3) is 5.69 Å². The molecule has 0 aliphatic carbocycles. The van der Waals surface area contributed by atoms with Crippen molar-refractivity contribution >= 4 is 5.91 Å². The highest BCUT2D eigenvalue weighted by molar-refractivity contribution is 5.92. The van der Waals surface area contributed by atoms with Crippen LogP contribution in [0.2, 0.25) is 0 Å². The summed E-state index contributed by atoms with van der Waals surface area (Å²) in [6.07, 6.45) is 1.74. The first-order chi connectivity index (χ1) is 9.63. The Kier molecular flexibility index (Phi) is 4.37. The molecule has 0 aliphatic rings. The summed E-state index contributed by atoms with van der Waals surface area (Å²) < 4.78 is 6.74. The third kappa shape index (κ3) is 3.16. The molecule has 0 bridgehead atoms. The minimum atomic E-state index is -0.227. The second-order valence-electron chi connectivity index (χ2n) is 4.45. The fraction of sp³-hybridized carbons (Fsp3) is 0.286. The second-order valence-corrected chi connectivity index (χ2v) is 4.45. The summed E-state index contributed by atoms with van der Waals surface area (Å²) in [5.41, 5.74) is 6.69. The van der Waals surface area contributed by atoms with Gasteiger partial charge in [-0.05, 0) is 37.3 Å². The van der Waals surface area contributed by atoms with E-state index in [2.05, 4.69) is 10.4 Å². The highest BCUT2D eigenvalue weighted by atomic mass is 16.5. The van der Waals surface area contributed by atoms with Crippen LogP contribution in [0.1, 0.15) is 17.4 Å². The minimum Gasteiger partial charge on any atom is -0.497 e. The Morgan fingerprint density at radius 2 is 2.10 bits per heavy atom. The SMILES string of the molecule is COc1ccc(-n2ccc(C(=O)N[C@@H](C)CN)n2)cc1. The van der Waals surface area contributed by atoms with E-state index in [1.54, 1.807) is 24.1 Å². The Morgan fingerprint density at radius 1 is 1.40 bits per heavy atom. The van der Waals surface area contributed by atoms with Gasteiger partial charge in [-0.15, -0.1) is 0 Å². The molecule has 106 valence electrons. The fourth-order valence-electron chi connectivity index (χ4n) is 1.68. The van der Waals surface area contributed by atoms with Crippen molar-refractivity contribution in [2.24, 2.45) is 5.73 Å². The molecule has 0 unspecified atom stereocenters. The highest BCUT2D eigenvalue weighted by Crippen LogP contribution is 2.14. The van der Waals surface area contributed by atoms with Gasteiger partial charge >= 0.3 is 0 Å².